The van der Waals surface area contributed by atoms with E-state index >= 15 is 0 Å². The van der Waals surface area contributed by atoms with Crippen molar-refractivity contribution >= 4 is 17.7 Å². The standard InChI is InChI=1S/C17H18N2O4/c20-16(21)15(11-18-14-9-5-2-6-10-14)19-17(22)23-12-13-7-3-1-4-8-13/h1-10,15,18H,11-12H2,(H,19,22)(H,20,21). The fourth-order valence-electron chi connectivity index (χ4n) is 1.88. The quantitative estimate of drug-likeness (QED) is 0.731. The Kier molecular flexibility index (Phi) is 5.99. The summed E-state index contributed by atoms with van der Waals surface area (Å²) in [4.78, 5) is 22.9. The molecule has 0 aromatic heterocycles. The van der Waals surface area contributed by atoms with Crippen molar-refractivity contribution in [2.45, 2.75) is 12.6 Å². The number of aliphatic carboxylic acids is 1. The highest BCUT2D eigenvalue weighted by Crippen LogP contribution is 2.05. The van der Waals surface area contributed by atoms with Crippen molar-refractivity contribution in [3.05, 3.63) is 66.2 Å². The lowest BCUT2D eigenvalue weighted by Crippen LogP contribution is -2.45. The number of carbonyl (C=O) groups is 2. The van der Waals surface area contributed by atoms with Crippen LogP contribution in [0.1, 0.15) is 5.56 Å². The van der Waals surface area contributed by atoms with Gasteiger partial charge in [0.1, 0.15) is 12.6 Å². The molecule has 2 aromatic rings. The lowest BCUT2D eigenvalue weighted by atomic mass is 10.2. The number of hydrogen-bond donors (Lipinski definition) is 3. The second-order valence-corrected chi connectivity index (χ2v) is 4.84. The van der Waals surface area contributed by atoms with Crippen LogP contribution < -0.4 is 10.6 Å². The van der Waals surface area contributed by atoms with Crippen LogP contribution >= 0.6 is 0 Å². The molecule has 3 N–H and O–H groups in total. The second-order valence-electron chi connectivity index (χ2n) is 4.84. The molecule has 0 radical (unpaired) electrons. The van der Waals surface area contributed by atoms with Gasteiger partial charge in [-0.05, 0) is 17.7 Å². The molecule has 0 saturated carbocycles. The number of alkyl carbamates (subject to hydrolysis) is 1. The fraction of sp³-hybridized carbons (Fsp3) is 0.176. The normalized spacial score (nSPS) is 11.3. The van der Waals surface area contributed by atoms with Gasteiger partial charge in [-0.15, -0.1) is 0 Å². The zero-order chi connectivity index (χ0) is 16.5. The number of carbonyl (C=O) groups excluding carboxylic acids is 1. The maximum absolute atomic E-state index is 11.7. The van der Waals surface area contributed by atoms with Crippen LogP contribution in [0.3, 0.4) is 0 Å². The van der Waals surface area contributed by atoms with Crippen LogP contribution in [0, 0.1) is 0 Å². The molecule has 0 aliphatic rings. The van der Waals surface area contributed by atoms with Crippen LogP contribution in [0.4, 0.5) is 10.5 Å². The first kappa shape index (κ1) is 16.4. The summed E-state index contributed by atoms with van der Waals surface area (Å²) in [6.07, 6.45) is -0.767. The molecule has 0 aliphatic carbocycles. The Hall–Kier alpha value is -3.02. The van der Waals surface area contributed by atoms with E-state index in [-0.39, 0.29) is 13.2 Å². The van der Waals surface area contributed by atoms with E-state index in [0.717, 1.165) is 11.3 Å². The van der Waals surface area contributed by atoms with Gasteiger partial charge in [0.15, 0.2) is 0 Å². The second kappa shape index (κ2) is 8.43. The van der Waals surface area contributed by atoms with E-state index in [1.54, 1.807) is 0 Å². The molecule has 0 spiro atoms. The smallest absolute Gasteiger partial charge is 0.408 e. The predicted molar refractivity (Wildman–Crippen MR) is 86.1 cm³/mol. The molecule has 2 aromatic carbocycles. The summed E-state index contributed by atoms with van der Waals surface area (Å²) < 4.78 is 5.02. The lowest BCUT2D eigenvalue weighted by Gasteiger charge is -2.16. The van der Waals surface area contributed by atoms with Crippen LogP contribution in [0.25, 0.3) is 0 Å². The molecule has 1 unspecified atom stereocenters. The van der Waals surface area contributed by atoms with Crippen molar-refractivity contribution < 1.29 is 19.4 Å². The average Bonchev–Trinajstić information content (AvgIpc) is 2.58. The largest absolute Gasteiger partial charge is 0.480 e. The third-order valence-corrected chi connectivity index (χ3v) is 3.09. The van der Waals surface area contributed by atoms with Crippen LogP contribution in [0.15, 0.2) is 60.7 Å². The van der Waals surface area contributed by atoms with Gasteiger partial charge in [-0.3, -0.25) is 0 Å². The number of anilines is 1. The highest BCUT2D eigenvalue weighted by molar-refractivity contribution is 5.80. The molecule has 0 fully saturated rings. The van der Waals surface area contributed by atoms with Gasteiger partial charge >= 0.3 is 12.1 Å². The predicted octanol–water partition coefficient (Wildman–Crippen LogP) is 2.48. The molecular weight excluding hydrogens is 296 g/mol. The summed E-state index contributed by atoms with van der Waals surface area (Å²) in [5.74, 6) is -1.13. The number of benzene rings is 2. The number of carboxylic acid groups (broad SMARTS) is 1. The molecule has 0 bridgehead atoms. The monoisotopic (exact) mass is 314 g/mol. The molecule has 120 valence electrons. The number of amides is 1. The van der Waals surface area contributed by atoms with Gasteiger partial charge in [0.05, 0.1) is 0 Å². The van der Waals surface area contributed by atoms with Gasteiger partial charge in [0, 0.05) is 12.2 Å². The van der Waals surface area contributed by atoms with Crippen molar-refractivity contribution in [3.8, 4) is 0 Å². The van der Waals surface area contributed by atoms with E-state index in [9.17, 15) is 14.7 Å². The molecule has 1 amide bonds. The van der Waals surface area contributed by atoms with Crippen molar-refractivity contribution in [2.75, 3.05) is 11.9 Å². The minimum absolute atomic E-state index is 0.0553. The average molecular weight is 314 g/mol. The van der Waals surface area contributed by atoms with Gasteiger partial charge < -0.3 is 20.5 Å². The van der Waals surface area contributed by atoms with Gasteiger partial charge in [0.25, 0.3) is 0 Å². The Morgan fingerprint density at radius 1 is 1.00 bits per heavy atom. The van der Waals surface area contributed by atoms with Gasteiger partial charge in [-0.25, -0.2) is 9.59 Å². The Morgan fingerprint density at radius 2 is 1.61 bits per heavy atom. The molecule has 0 heterocycles. The first-order valence-corrected chi connectivity index (χ1v) is 7.14. The molecule has 6 heteroatoms. The SMILES string of the molecule is O=C(NC(CNc1ccccc1)C(=O)O)OCc1ccccc1. The van der Waals surface area contributed by atoms with E-state index in [4.69, 9.17) is 4.74 Å². The van der Waals surface area contributed by atoms with E-state index in [2.05, 4.69) is 10.6 Å². The Morgan fingerprint density at radius 3 is 2.22 bits per heavy atom. The van der Waals surface area contributed by atoms with Crippen LogP contribution in [-0.2, 0) is 16.1 Å². The minimum Gasteiger partial charge on any atom is -0.480 e. The topological polar surface area (TPSA) is 87.7 Å². The molecule has 0 aliphatic heterocycles. The summed E-state index contributed by atoms with van der Waals surface area (Å²) in [7, 11) is 0. The number of rotatable bonds is 7. The number of nitrogens with one attached hydrogen (secondary N) is 2. The van der Waals surface area contributed by atoms with Gasteiger partial charge in [-0.2, -0.15) is 0 Å². The number of hydrogen-bond acceptors (Lipinski definition) is 4. The van der Waals surface area contributed by atoms with E-state index in [1.165, 1.54) is 0 Å². The summed E-state index contributed by atoms with van der Waals surface area (Å²) in [6.45, 7) is 0.144. The summed E-state index contributed by atoms with van der Waals surface area (Å²) in [5.41, 5.74) is 1.61. The van der Waals surface area contributed by atoms with Crippen LogP contribution in [0.2, 0.25) is 0 Å². The van der Waals surface area contributed by atoms with Crippen LogP contribution in [-0.4, -0.2) is 29.8 Å². The Balaban J connectivity index is 1.81. The van der Waals surface area contributed by atoms with Gasteiger partial charge in [0.2, 0.25) is 0 Å². The third-order valence-electron chi connectivity index (χ3n) is 3.09. The van der Waals surface area contributed by atoms with Crippen molar-refractivity contribution in [2.24, 2.45) is 0 Å². The Labute approximate surface area is 134 Å². The zero-order valence-electron chi connectivity index (χ0n) is 12.4. The minimum atomic E-state index is -1.13. The highest BCUT2D eigenvalue weighted by atomic mass is 16.5. The maximum atomic E-state index is 11.7. The van der Waals surface area contributed by atoms with Crippen molar-refractivity contribution in [1.82, 2.24) is 5.32 Å². The summed E-state index contributed by atoms with van der Waals surface area (Å²) in [6, 6.07) is 17.2. The van der Waals surface area contributed by atoms with E-state index in [1.807, 2.05) is 60.7 Å². The molecular formula is C17H18N2O4. The van der Waals surface area contributed by atoms with E-state index in [0.29, 0.717) is 0 Å². The van der Waals surface area contributed by atoms with Crippen molar-refractivity contribution in [1.29, 1.82) is 0 Å². The number of ether oxygens (including phenoxy) is 1. The number of carboxylic acids is 1. The number of para-hydroxylation sites is 1. The first-order valence-electron chi connectivity index (χ1n) is 7.14. The van der Waals surface area contributed by atoms with Crippen molar-refractivity contribution in [3.63, 3.8) is 0 Å². The van der Waals surface area contributed by atoms with Crippen LogP contribution in [0.5, 0.6) is 0 Å². The maximum Gasteiger partial charge on any atom is 0.408 e. The fourth-order valence-corrected chi connectivity index (χ4v) is 1.88. The molecule has 6 nitrogen and oxygen atoms in total. The Bertz CT molecular complexity index is 632. The first-order chi connectivity index (χ1) is 11.1. The summed E-state index contributed by atoms with van der Waals surface area (Å²) >= 11 is 0. The molecule has 0 saturated heterocycles. The molecule has 2 rings (SSSR count). The third kappa shape index (κ3) is 5.70. The molecule has 23 heavy (non-hydrogen) atoms. The van der Waals surface area contributed by atoms with E-state index < -0.39 is 18.1 Å². The highest BCUT2D eigenvalue weighted by Gasteiger charge is 2.20. The zero-order valence-corrected chi connectivity index (χ0v) is 12.4. The molecule has 1 atom stereocenters. The summed E-state index contributed by atoms with van der Waals surface area (Å²) in [5, 5.41) is 14.5. The van der Waals surface area contributed by atoms with Gasteiger partial charge in [-0.1, -0.05) is 48.5 Å². The lowest BCUT2D eigenvalue weighted by molar-refractivity contribution is -0.138.